The Labute approximate surface area is 130 Å². The predicted octanol–water partition coefficient (Wildman–Crippen LogP) is 5.17. The minimum atomic E-state index is 0.0220. The van der Waals surface area contributed by atoms with Crippen LogP contribution in [0.5, 0.6) is 5.75 Å². The third kappa shape index (κ3) is 3.67. The van der Waals surface area contributed by atoms with Crippen LogP contribution in [0.2, 0.25) is 0 Å². The molecular weight excluding hydrogens is 280 g/mol. The predicted molar refractivity (Wildman–Crippen MR) is 87.7 cm³/mol. The zero-order valence-electron chi connectivity index (χ0n) is 12.8. The lowest BCUT2D eigenvalue weighted by molar-refractivity contribution is 0.101. The van der Waals surface area contributed by atoms with Gasteiger partial charge in [0.1, 0.15) is 5.75 Å². The fraction of sp³-hybridized carbons (Fsp3) is 0.278. The lowest BCUT2D eigenvalue weighted by Crippen LogP contribution is -1.99. The van der Waals surface area contributed by atoms with Crippen molar-refractivity contribution in [3.8, 4) is 5.75 Å². The summed E-state index contributed by atoms with van der Waals surface area (Å²) in [6.45, 7) is 5.93. The molecule has 0 amide bonds. The number of ether oxygens (including phenoxy) is 1. The van der Waals surface area contributed by atoms with E-state index >= 15 is 0 Å². The summed E-state index contributed by atoms with van der Waals surface area (Å²) in [6, 6.07) is 14.2. The summed E-state index contributed by atoms with van der Waals surface area (Å²) in [5.41, 5.74) is 1.97. The second-order valence-corrected chi connectivity index (χ2v) is 6.33. The number of ketones is 1. The summed E-state index contributed by atoms with van der Waals surface area (Å²) >= 11 is 1.59. The Bertz CT molecular complexity index is 630. The topological polar surface area (TPSA) is 26.3 Å². The number of hydrogen-bond acceptors (Lipinski definition) is 3. The van der Waals surface area contributed by atoms with Crippen LogP contribution in [0.1, 0.15) is 42.6 Å². The van der Waals surface area contributed by atoms with Crippen LogP contribution in [0, 0.1) is 0 Å². The molecule has 0 spiro atoms. The SMILES string of the molecule is COc1cccc(Sc2ccc(C(C)C)cc2)c1C(C)=O. The van der Waals surface area contributed by atoms with Gasteiger partial charge in [0.05, 0.1) is 12.7 Å². The molecule has 0 aliphatic heterocycles. The van der Waals surface area contributed by atoms with Crippen molar-refractivity contribution in [3.63, 3.8) is 0 Å². The van der Waals surface area contributed by atoms with Gasteiger partial charge in [-0.2, -0.15) is 0 Å². The summed E-state index contributed by atoms with van der Waals surface area (Å²) < 4.78 is 5.30. The molecule has 0 saturated heterocycles. The molecular formula is C18H20O2S. The van der Waals surface area contributed by atoms with Gasteiger partial charge in [-0.3, -0.25) is 4.79 Å². The van der Waals surface area contributed by atoms with Crippen molar-refractivity contribution in [1.82, 2.24) is 0 Å². The van der Waals surface area contributed by atoms with E-state index in [9.17, 15) is 4.79 Å². The highest BCUT2D eigenvalue weighted by Gasteiger charge is 2.14. The van der Waals surface area contributed by atoms with Gasteiger partial charge in [-0.05, 0) is 42.7 Å². The Balaban J connectivity index is 2.33. The Hall–Kier alpha value is -1.74. The molecule has 0 bridgehead atoms. The number of Topliss-reactive ketones (excluding diaryl/α,β-unsaturated/α-hetero) is 1. The Morgan fingerprint density at radius 1 is 1.10 bits per heavy atom. The average molecular weight is 300 g/mol. The zero-order chi connectivity index (χ0) is 15.4. The Morgan fingerprint density at radius 2 is 1.76 bits per heavy atom. The molecule has 2 aromatic carbocycles. The molecule has 0 heterocycles. The summed E-state index contributed by atoms with van der Waals surface area (Å²) in [7, 11) is 1.59. The van der Waals surface area contributed by atoms with Crippen molar-refractivity contribution in [2.75, 3.05) is 7.11 Å². The quantitative estimate of drug-likeness (QED) is 0.712. The van der Waals surface area contributed by atoms with E-state index in [1.807, 2.05) is 18.2 Å². The summed E-state index contributed by atoms with van der Waals surface area (Å²) in [5.74, 6) is 1.17. The molecule has 0 fully saturated rings. The van der Waals surface area contributed by atoms with Crippen LogP contribution in [-0.4, -0.2) is 12.9 Å². The molecule has 2 aromatic rings. The first-order valence-corrected chi connectivity index (χ1v) is 7.80. The minimum absolute atomic E-state index is 0.0220. The highest BCUT2D eigenvalue weighted by atomic mass is 32.2. The highest BCUT2D eigenvalue weighted by Crippen LogP contribution is 2.35. The molecule has 110 valence electrons. The summed E-state index contributed by atoms with van der Waals surface area (Å²) in [4.78, 5) is 13.9. The first kappa shape index (κ1) is 15.6. The van der Waals surface area contributed by atoms with Crippen LogP contribution < -0.4 is 4.74 Å². The lowest BCUT2D eigenvalue weighted by Gasteiger charge is -2.12. The van der Waals surface area contributed by atoms with Gasteiger partial charge in [0.25, 0.3) is 0 Å². The van der Waals surface area contributed by atoms with Crippen molar-refractivity contribution in [2.24, 2.45) is 0 Å². The van der Waals surface area contributed by atoms with E-state index in [1.165, 1.54) is 5.56 Å². The average Bonchev–Trinajstić information content (AvgIpc) is 2.47. The maximum Gasteiger partial charge on any atom is 0.164 e. The second kappa shape index (κ2) is 6.81. The standard InChI is InChI=1S/C18H20O2S/c1-12(2)14-8-10-15(11-9-14)21-17-7-5-6-16(20-4)18(17)13(3)19/h5-12H,1-4H3. The van der Waals surface area contributed by atoms with Crippen LogP contribution in [0.25, 0.3) is 0 Å². The van der Waals surface area contributed by atoms with E-state index < -0.39 is 0 Å². The van der Waals surface area contributed by atoms with Gasteiger partial charge in [0.15, 0.2) is 5.78 Å². The zero-order valence-corrected chi connectivity index (χ0v) is 13.7. The highest BCUT2D eigenvalue weighted by molar-refractivity contribution is 7.99. The van der Waals surface area contributed by atoms with Crippen LogP contribution in [0.4, 0.5) is 0 Å². The van der Waals surface area contributed by atoms with Crippen LogP contribution in [0.3, 0.4) is 0 Å². The molecule has 3 heteroatoms. The molecule has 21 heavy (non-hydrogen) atoms. The third-order valence-corrected chi connectivity index (χ3v) is 4.40. The van der Waals surface area contributed by atoms with Gasteiger partial charge in [0.2, 0.25) is 0 Å². The second-order valence-electron chi connectivity index (χ2n) is 5.22. The number of carbonyl (C=O) groups is 1. The van der Waals surface area contributed by atoms with E-state index in [4.69, 9.17) is 4.74 Å². The van der Waals surface area contributed by atoms with Crippen molar-refractivity contribution >= 4 is 17.5 Å². The van der Waals surface area contributed by atoms with E-state index in [0.29, 0.717) is 17.2 Å². The fourth-order valence-electron chi connectivity index (χ4n) is 2.16. The molecule has 0 unspecified atom stereocenters. The van der Waals surface area contributed by atoms with E-state index in [-0.39, 0.29) is 5.78 Å². The first-order chi connectivity index (χ1) is 10.0. The van der Waals surface area contributed by atoms with E-state index in [1.54, 1.807) is 25.8 Å². The van der Waals surface area contributed by atoms with Crippen molar-refractivity contribution in [2.45, 2.75) is 36.5 Å². The summed E-state index contributed by atoms with van der Waals surface area (Å²) in [5, 5.41) is 0. The van der Waals surface area contributed by atoms with Gasteiger partial charge >= 0.3 is 0 Å². The van der Waals surface area contributed by atoms with Gasteiger partial charge in [-0.15, -0.1) is 0 Å². The fourth-order valence-corrected chi connectivity index (χ4v) is 3.18. The smallest absolute Gasteiger partial charge is 0.164 e. The Morgan fingerprint density at radius 3 is 2.29 bits per heavy atom. The molecule has 0 aliphatic rings. The number of methoxy groups -OCH3 is 1. The van der Waals surface area contributed by atoms with Crippen molar-refractivity contribution in [1.29, 1.82) is 0 Å². The van der Waals surface area contributed by atoms with Crippen LogP contribution >= 0.6 is 11.8 Å². The summed E-state index contributed by atoms with van der Waals surface area (Å²) in [6.07, 6.45) is 0. The molecule has 0 saturated carbocycles. The van der Waals surface area contributed by atoms with Gasteiger partial charge < -0.3 is 4.74 Å². The van der Waals surface area contributed by atoms with Crippen molar-refractivity contribution in [3.05, 3.63) is 53.6 Å². The molecule has 2 nitrogen and oxygen atoms in total. The first-order valence-electron chi connectivity index (χ1n) is 6.98. The van der Waals surface area contributed by atoms with Crippen LogP contribution in [0.15, 0.2) is 52.3 Å². The number of benzene rings is 2. The van der Waals surface area contributed by atoms with E-state index in [2.05, 4.69) is 38.1 Å². The molecule has 0 atom stereocenters. The number of hydrogen-bond donors (Lipinski definition) is 0. The van der Waals surface area contributed by atoms with Gasteiger partial charge in [-0.1, -0.05) is 43.8 Å². The normalized spacial score (nSPS) is 10.7. The molecule has 0 aliphatic carbocycles. The molecule has 0 N–H and O–H groups in total. The van der Waals surface area contributed by atoms with Gasteiger partial charge in [-0.25, -0.2) is 0 Å². The Kier molecular flexibility index (Phi) is 5.07. The van der Waals surface area contributed by atoms with E-state index in [0.717, 1.165) is 9.79 Å². The lowest BCUT2D eigenvalue weighted by atomic mass is 10.0. The number of rotatable bonds is 5. The van der Waals surface area contributed by atoms with Crippen LogP contribution in [-0.2, 0) is 0 Å². The minimum Gasteiger partial charge on any atom is -0.496 e. The number of carbonyl (C=O) groups excluding carboxylic acids is 1. The maximum absolute atomic E-state index is 11.9. The molecule has 0 aromatic heterocycles. The monoisotopic (exact) mass is 300 g/mol. The largest absolute Gasteiger partial charge is 0.496 e. The maximum atomic E-state index is 11.9. The van der Waals surface area contributed by atoms with Crippen molar-refractivity contribution < 1.29 is 9.53 Å². The molecule has 0 radical (unpaired) electrons. The third-order valence-electron chi connectivity index (χ3n) is 3.33. The van der Waals surface area contributed by atoms with Gasteiger partial charge in [0, 0.05) is 9.79 Å². The molecule has 2 rings (SSSR count).